The van der Waals surface area contributed by atoms with Gasteiger partial charge in [0, 0.05) is 24.3 Å². The molecule has 130 valence electrons. The maximum absolute atomic E-state index is 13.0. The summed E-state index contributed by atoms with van der Waals surface area (Å²) in [6.07, 6.45) is 1.58. The predicted octanol–water partition coefficient (Wildman–Crippen LogP) is 2.65. The van der Waals surface area contributed by atoms with Crippen LogP contribution in [-0.2, 0) is 4.79 Å². The summed E-state index contributed by atoms with van der Waals surface area (Å²) in [5, 5.41) is 14.0. The van der Waals surface area contributed by atoms with Crippen LogP contribution < -0.4 is 0 Å². The zero-order valence-corrected chi connectivity index (χ0v) is 14.8. The van der Waals surface area contributed by atoms with E-state index in [0.29, 0.717) is 16.6 Å². The Morgan fingerprint density at radius 3 is 2.50 bits per heavy atom. The zero-order valence-electron chi connectivity index (χ0n) is 14.8. The Morgan fingerprint density at radius 1 is 1.29 bits per heavy atom. The molecule has 0 aliphatic heterocycles. The van der Waals surface area contributed by atoms with E-state index in [4.69, 9.17) is 5.11 Å². The van der Waals surface area contributed by atoms with Gasteiger partial charge in [-0.15, -0.1) is 0 Å². The van der Waals surface area contributed by atoms with Gasteiger partial charge in [0.2, 0.25) is 0 Å². The Bertz CT molecular complexity index is 765. The van der Waals surface area contributed by atoms with E-state index in [0.717, 1.165) is 5.69 Å². The molecule has 7 nitrogen and oxygen atoms in total. The number of amides is 1. The highest BCUT2D eigenvalue weighted by atomic mass is 16.4. The number of aryl methyl sites for hydroxylation is 1. The van der Waals surface area contributed by atoms with Crippen molar-refractivity contribution in [2.45, 2.75) is 53.1 Å². The number of pyridine rings is 1. The van der Waals surface area contributed by atoms with Gasteiger partial charge in [-0.05, 0) is 40.7 Å². The van der Waals surface area contributed by atoms with Gasteiger partial charge in [-0.3, -0.25) is 9.59 Å². The molecule has 1 amide bonds. The third kappa shape index (κ3) is 3.55. The lowest BCUT2D eigenvalue weighted by Gasteiger charge is -2.26. The minimum atomic E-state index is -0.919. The number of carbonyl (C=O) groups is 2. The van der Waals surface area contributed by atoms with Crippen LogP contribution in [0.3, 0.4) is 0 Å². The number of carboxylic acids is 1. The number of nitrogens with zero attached hydrogens (tertiary/aromatic N) is 4. The van der Waals surface area contributed by atoms with Gasteiger partial charge in [0.1, 0.15) is 0 Å². The molecular formula is C17H24N4O3. The minimum Gasteiger partial charge on any atom is -0.481 e. The molecule has 0 spiro atoms. The molecular weight excluding hydrogens is 308 g/mol. The Labute approximate surface area is 141 Å². The van der Waals surface area contributed by atoms with Gasteiger partial charge < -0.3 is 10.0 Å². The largest absolute Gasteiger partial charge is 0.481 e. The number of hydrogen-bond donors (Lipinski definition) is 1. The van der Waals surface area contributed by atoms with Gasteiger partial charge in [0.05, 0.1) is 23.6 Å². The van der Waals surface area contributed by atoms with E-state index in [1.54, 1.807) is 21.8 Å². The van der Waals surface area contributed by atoms with Crippen LogP contribution in [-0.4, -0.2) is 49.2 Å². The van der Waals surface area contributed by atoms with Gasteiger partial charge >= 0.3 is 5.97 Å². The van der Waals surface area contributed by atoms with Crippen molar-refractivity contribution in [1.29, 1.82) is 0 Å². The molecule has 7 heteroatoms. The summed E-state index contributed by atoms with van der Waals surface area (Å²) in [6, 6.07) is 1.78. The first-order valence-electron chi connectivity index (χ1n) is 8.10. The highest BCUT2D eigenvalue weighted by Crippen LogP contribution is 2.23. The molecule has 0 fully saturated rings. The van der Waals surface area contributed by atoms with Crippen LogP contribution in [0, 0.1) is 6.92 Å². The molecule has 0 bridgehead atoms. The molecule has 0 unspecified atom stereocenters. The molecule has 1 N–H and O–H groups in total. The normalized spacial score (nSPS) is 11.5. The topological polar surface area (TPSA) is 88.3 Å². The zero-order chi connectivity index (χ0) is 18.0. The summed E-state index contributed by atoms with van der Waals surface area (Å²) in [5.74, 6) is -1.11. The van der Waals surface area contributed by atoms with Crippen LogP contribution in [0.1, 0.15) is 56.2 Å². The average Bonchev–Trinajstić information content (AvgIpc) is 2.89. The number of hydrogen-bond acceptors (Lipinski definition) is 4. The van der Waals surface area contributed by atoms with Crippen molar-refractivity contribution in [2.24, 2.45) is 0 Å². The molecule has 0 saturated heterocycles. The fraction of sp³-hybridized carbons (Fsp3) is 0.529. The second kappa shape index (κ2) is 6.98. The Balaban J connectivity index is 2.49. The standard InChI is InChI=1S/C17H24N4O3/c1-10(2)20(7-6-15(22)23)17(24)13-8-12(5)19-16-14(13)9-18-21(16)11(3)4/h8-11H,6-7H2,1-5H3,(H,22,23). The van der Waals surface area contributed by atoms with E-state index in [9.17, 15) is 9.59 Å². The molecule has 0 aliphatic rings. The number of fused-ring (bicyclic) bond motifs is 1. The summed E-state index contributed by atoms with van der Waals surface area (Å²) < 4.78 is 1.79. The molecule has 2 aromatic heterocycles. The first-order valence-corrected chi connectivity index (χ1v) is 8.10. The summed E-state index contributed by atoms with van der Waals surface area (Å²) >= 11 is 0. The molecule has 2 aromatic rings. The van der Waals surface area contributed by atoms with Crippen LogP contribution in [0.15, 0.2) is 12.3 Å². The first kappa shape index (κ1) is 17.9. The number of aliphatic carboxylic acids is 1. The van der Waals surface area contributed by atoms with Gasteiger partial charge in [-0.25, -0.2) is 9.67 Å². The van der Waals surface area contributed by atoms with Crippen molar-refractivity contribution in [1.82, 2.24) is 19.7 Å². The molecule has 0 aromatic carbocycles. The number of carboxylic acid groups (broad SMARTS) is 1. The molecule has 0 atom stereocenters. The number of carbonyl (C=O) groups excluding carboxylic acids is 1. The maximum atomic E-state index is 13.0. The van der Waals surface area contributed by atoms with Crippen LogP contribution in [0.2, 0.25) is 0 Å². The van der Waals surface area contributed by atoms with Gasteiger partial charge in [-0.2, -0.15) is 5.10 Å². The van der Waals surface area contributed by atoms with Crippen molar-refractivity contribution in [3.05, 3.63) is 23.5 Å². The van der Waals surface area contributed by atoms with Crippen LogP contribution >= 0.6 is 0 Å². The molecule has 0 radical (unpaired) electrons. The van der Waals surface area contributed by atoms with Crippen LogP contribution in [0.25, 0.3) is 11.0 Å². The summed E-state index contributed by atoms with van der Waals surface area (Å²) in [4.78, 5) is 30.0. The van der Waals surface area contributed by atoms with Gasteiger partial charge in [0.25, 0.3) is 5.91 Å². The highest BCUT2D eigenvalue weighted by Gasteiger charge is 2.23. The monoisotopic (exact) mass is 332 g/mol. The van der Waals surface area contributed by atoms with Crippen LogP contribution in [0.5, 0.6) is 0 Å². The summed E-state index contributed by atoms with van der Waals surface area (Å²) in [7, 11) is 0. The number of rotatable bonds is 6. The molecule has 2 heterocycles. The van der Waals surface area contributed by atoms with E-state index in [1.165, 1.54) is 0 Å². The fourth-order valence-corrected chi connectivity index (χ4v) is 2.66. The number of aromatic nitrogens is 3. The average molecular weight is 332 g/mol. The third-order valence-corrected chi connectivity index (χ3v) is 3.87. The maximum Gasteiger partial charge on any atom is 0.305 e. The van der Waals surface area contributed by atoms with E-state index >= 15 is 0 Å². The van der Waals surface area contributed by atoms with E-state index in [-0.39, 0.29) is 31.0 Å². The van der Waals surface area contributed by atoms with E-state index in [2.05, 4.69) is 10.1 Å². The van der Waals surface area contributed by atoms with Crippen molar-refractivity contribution in [3.63, 3.8) is 0 Å². The predicted molar refractivity (Wildman–Crippen MR) is 91.1 cm³/mol. The third-order valence-electron chi connectivity index (χ3n) is 3.87. The molecule has 0 saturated carbocycles. The van der Waals surface area contributed by atoms with Crippen molar-refractivity contribution in [2.75, 3.05) is 6.54 Å². The minimum absolute atomic E-state index is 0.0810. The SMILES string of the molecule is Cc1cc(C(=O)N(CCC(=O)O)C(C)C)c2cnn(C(C)C)c2n1. The van der Waals surface area contributed by atoms with Crippen LogP contribution in [0.4, 0.5) is 0 Å². The molecule has 2 rings (SSSR count). The quantitative estimate of drug-likeness (QED) is 0.878. The highest BCUT2D eigenvalue weighted by molar-refractivity contribution is 6.05. The first-order chi connectivity index (χ1) is 11.2. The Hall–Kier alpha value is -2.44. The van der Waals surface area contributed by atoms with Crippen molar-refractivity contribution >= 4 is 22.9 Å². The Morgan fingerprint density at radius 2 is 1.96 bits per heavy atom. The van der Waals surface area contributed by atoms with E-state index in [1.807, 2.05) is 34.6 Å². The molecule has 24 heavy (non-hydrogen) atoms. The van der Waals surface area contributed by atoms with Gasteiger partial charge in [0.15, 0.2) is 5.65 Å². The van der Waals surface area contributed by atoms with Gasteiger partial charge in [-0.1, -0.05) is 0 Å². The summed E-state index contributed by atoms with van der Waals surface area (Å²) in [5.41, 5.74) is 1.92. The molecule has 0 aliphatic carbocycles. The lowest BCUT2D eigenvalue weighted by atomic mass is 10.1. The van der Waals surface area contributed by atoms with E-state index < -0.39 is 5.97 Å². The second-order valence-electron chi connectivity index (χ2n) is 6.47. The van der Waals surface area contributed by atoms with Crippen molar-refractivity contribution in [3.8, 4) is 0 Å². The smallest absolute Gasteiger partial charge is 0.305 e. The fourth-order valence-electron chi connectivity index (χ4n) is 2.66. The van der Waals surface area contributed by atoms with Crippen molar-refractivity contribution < 1.29 is 14.7 Å². The second-order valence-corrected chi connectivity index (χ2v) is 6.47. The Kier molecular flexibility index (Phi) is 5.21. The lowest BCUT2D eigenvalue weighted by molar-refractivity contribution is -0.137. The lowest BCUT2D eigenvalue weighted by Crippen LogP contribution is -2.38. The summed E-state index contributed by atoms with van der Waals surface area (Å²) in [6.45, 7) is 9.78.